The van der Waals surface area contributed by atoms with Gasteiger partial charge in [-0.05, 0) is 39.7 Å². The van der Waals surface area contributed by atoms with Gasteiger partial charge in [0.25, 0.3) is 0 Å². The van der Waals surface area contributed by atoms with Crippen LogP contribution in [0.2, 0.25) is 0 Å². The van der Waals surface area contributed by atoms with Gasteiger partial charge in [0, 0.05) is 9.86 Å². The summed E-state index contributed by atoms with van der Waals surface area (Å²) in [6.45, 7) is -0.567. The van der Waals surface area contributed by atoms with E-state index < -0.39 is 12.6 Å². The Morgan fingerprint density at radius 1 is 1.47 bits per heavy atom. The summed E-state index contributed by atoms with van der Waals surface area (Å²) in [7, 11) is 0. The molecule has 0 aliphatic rings. The average molecular weight is 272 g/mol. The molecular formula is C10H7BrFNO2. The first-order chi connectivity index (χ1) is 7.11. The van der Waals surface area contributed by atoms with Gasteiger partial charge in [-0.2, -0.15) is 0 Å². The second kappa shape index (κ2) is 3.66. The van der Waals surface area contributed by atoms with E-state index in [4.69, 9.17) is 5.11 Å². The zero-order chi connectivity index (χ0) is 11.0. The van der Waals surface area contributed by atoms with E-state index >= 15 is 0 Å². The van der Waals surface area contributed by atoms with E-state index in [0.29, 0.717) is 20.9 Å². The molecule has 0 radical (unpaired) electrons. The van der Waals surface area contributed by atoms with Gasteiger partial charge in [0.15, 0.2) is 0 Å². The molecule has 2 N–H and O–H groups in total. The first kappa shape index (κ1) is 10.2. The fraction of sp³-hybridized carbons (Fsp3) is 0.100. The lowest BCUT2D eigenvalue weighted by Gasteiger charge is -1.97. The van der Waals surface area contributed by atoms with Crippen molar-refractivity contribution < 1.29 is 14.3 Å². The minimum atomic E-state index is -1.03. The number of hydrogen-bond donors (Lipinski definition) is 2. The van der Waals surface area contributed by atoms with Crippen molar-refractivity contribution in [3.05, 3.63) is 33.9 Å². The normalized spacial score (nSPS) is 10.8. The first-order valence-electron chi connectivity index (χ1n) is 4.22. The Kier molecular flexibility index (Phi) is 2.48. The molecule has 0 atom stereocenters. The largest absolute Gasteiger partial charge is 0.477 e. The number of alkyl halides is 1. The van der Waals surface area contributed by atoms with E-state index in [2.05, 4.69) is 20.9 Å². The molecule has 1 heterocycles. The third kappa shape index (κ3) is 1.74. The lowest BCUT2D eigenvalue weighted by molar-refractivity contribution is 0.0691. The maximum atomic E-state index is 12.5. The van der Waals surface area contributed by atoms with Gasteiger partial charge >= 0.3 is 5.97 Å². The Hall–Kier alpha value is -1.36. The van der Waals surface area contributed by atoms with Crippen LogP contribution in [0.1, 0.15) is 16.1 Å². The number of carbonyl (C=O) groups is 1. The summed E-state index contributed by atoms with van der Waals surface area (Å²) >= 11 is 3.26. The Morgan fingerprint density at radius 3 is 2.80 bits per heavy atom. The Bertz CT molecular complexity index is 535. The fourth-order valence-electron chi connectivity index (χ4n) is 1.45. The molecule has 0 fully saturated rings. The first-order valence-corrected chi connectivity index (χ1v) is 5.01. The summed E-state index contributed by atoms with van der Waals surface area (Å²) < 4.78 is 13.1. The number of benzene rings is 1. The van der Waals surface area contributed by atoms with Crippen molar-refractivity contribution in [3.8, 4) is 0 Å². The van der Waals surface area contributed by atoms with Gasteiger partial charge in [0.05, 0.1) is 5.52 Å². The smallest absolute Gasteiger partial charge is 0.352 e. The Labute approximate surface area is 93.0 Å². The molecule has 0 spiro atoms. The summed E-state index contributed by atoms with van der Waals surface area (Å²) in [6, 6.07) is 4.75. The molecule has 2 aromatic rings. The van der Waals surface area contributed by atoms with Gasteiger partial charge in [0.1, 0.15) is 12.4 Å². The molecule has 0 aliphatic carbocycles. The van der Waals surface area contributed by atoms with Crippen LogP contribution in [0.15, 0.2) is 22.7 Å². The molecule has 0 saturated carbocycles. The zero-order valence-electron chi connectivity index (χ0n) is 7.55. The van der Waals surface area contributed by atoms with Crippen LogP contribution >= 0.6 is 15.9 Å². The monoisotopic (exact) mass is 271 g/mol. The number of aromatic nitrogens is 1. The third-order valence-corrected chi connectivity index (χ3v) is 2.75. The third-order valence-electron chi connectivity index (χ3n) is 2.12. The standard InChI is InChI=1S/C10H7BrFNO2/c11-7-2-5(4-12)1-6-3-8(10(14)15)13-9(6)7/h1-3,13H,4H2,(H,14,15). The SMILES string of the molecule is O=C(O)c1cc2cc(CF)cc(Br)c2[nH]1. The highest BCUT2D eigenvalue weighted by Crippen LogP contribution is 2.26. The number of halogens is 2. The Balaban J connectivity index is 2.69. The minimum absolute atomic E-state index is 0.0988. The van der Waals surface area contributed by atoms with Gasteiger partial charge < -0.3 is 10.1 Å². The Morgan fingerprint density at radius 2 is 2.20 bits per heavy atom. The quantitative estimate of drug-likeness (QED) is 0.882. The molecule has 1 aromatic heterocycles. The van der Waals surface area contributed by atoms with E-state index in [1.807, 2.05) is 0 Å². The number of rotatable bonds is 2. The van der Waals surface area contributed by atoms with Gasteiger partial charge in [-0.25, -0.2) is 9.18 Å². The number of carboxylic acids is 1. The van der Waals surface area contributed by atoms with E-state index in [0.717, 1.165) is 0 Å². The van der Waals surface area contributed by atoms with Gasteiger partial charge in [-0.15, -0.1) is 0 Å². The van der Waals surface area contributed by atoms with Gasteiger partial charge in [0.2, 0.25) is 0 Å². The molecule has 0 bridgehead atoms. The van der Waals surface area contributed by atoms with Crippen LogP contribution in [0.5, 0.6) is 0 Å². The van der Waals surface area contributed by atoms with Crippen molar-refractivity contribution in [2.75, 3.05) is 0 Å². The van der Waals surface area contributed by atoms with Crippen LogP contribution in [0.25, 0.3) is 10.9 Å². The molecule has 3 nitrogen and oxygen atoms in total. The molecule has 0 unspecified atom stereocenters. The highest BCUT2D eigenvalue weighted by molar-refractivity contribution is 9.10. The second-order valence-electron chi connectivity index (χ2n) is 3.16. The number of nitrogens with one attached hydrogen (secondary N) is 1. The van der Waals surface area contributed by atoms with Gasteiger partial charge in [-0.1, -0.05) is 0 Å². The van der Waals surface area contributed by atoms with E-state index in [9.17, 15) is 9.18 Å². The highest BCUT2D eigenvalue weighted by atomic mass is 79.9. The molecule has 78 valence electrons. The molecule has 5 heteroatoms. The van der Waals surface area contributed by atoms with Crippen LogP contribution in [0, 0.1) is 0 Å². The predicted octanol–water partition coefficient (Wildman–Crippen LogP) is 3.10. The summed E-state index contributed by atoms with van der Waals surface area (Å²) in [5.41, 5.74) is 1.29. The number of aromatic amines is 1. The topological polar surface area (TPSA) is 53.1 Å². The second-order valence-corrected chi connectivity index (χ2v) is 4.02. The lowest BCUT2D eigenvalue weighted by atomic mass is 10.2. The predicted molar refractivity (Wildman–Crippen MR) is 57.8 cm³/mol. The maximum Gasteiger partial charge on any atom is 0.352 e. The summed E-state index contributed by atoms with van der Waals surface area (Å²) in [6.07, 6.45) is 0. The van der Waals surface area contributed by atoms with Crippen molar-refractivity contribution in [1.82, 2.24) is 4.98 Å². The van der Waals surface area contributed by atoms with Crippen LogP contribution in [0.3, 0.4) is 0 Å². The summed E-state index contributed by atoms with van der Waals surface area (Å²) in [5, 5.41) is 9.47. The molecule has 2 rings (SSSR count). The molecule has 0 aliphatic heterocycles. The highest BCUT2D eigenvalue weighted by Gasteiger charge is 2.10. The zero-order valence-corrected chi connectivity index (χ0v) is 9.14. The molecular weight excluding hydrogens is 265 g/mol. The van der Waals surface area contributed by atoms with Crippen molar-refractivity contribution in [2.24, 2.45) is 0 Å². The summed E-state index contributed by atoms with van der Waals surface area (Å²) in [5.74, 6) is -1.03. The van der Waals surface area contributed by atoms with Gasteiger partial charge in [-0.3, -0.25) is 0 Å². The number of hydrogen-bond acceptors (Lipinski definition) is 1. The maximum absolute atomic E-state index is 12.5. The van der Waals surface area contributed by atoms with Crippen molar-refractivity contribution >= 4 is 32.8 Å². The van der Waals surface area contributed by atoms with Crippen molar-refractivity contribution in [3.63, 3.8) is 0 Å². The van der Waals surface area contributed by atoms with Crippen LogP contribution in [0.4, 0.5) is 4.39 Å². The molecule has 1 aromatic carbocycles. The lowest BCUT2D eigenvalue weighted by Crippen LogP contribution is -1.94. The minimum Gasteiger partial charge on any atom is -0.477 e. The van der Waals surface area contributed by atoms with E-state index in [-0.39, 0.29) is 5.69 Å². The van der Waals surface area contributed by atoms with Crippen molar-refractivity contribution in [1.29, 1.82) is 0 Å². The van der Waals surface area contributed by atoms with Crippen molar-refractivity contribution in [2.45, 2.75) is 6.67 Å². The molecule has 0 amide bonds. The molecule has 15 heavy (non-hydrogen) atoms. The summed E-state index contributed by atoms with van der Waals surface area (Å²) in [4.78, 5) is 13.5. The van der Waals surface area contributed by atoms with E-state index in [1.54, 1.807) is 12.1 Å². The number of H-pyrrole nitrogens is 1. The molecule has 0 saturated heterocycles. The average Bonchev–Trinajstić information content (AvgIpc) is 2.61. The number of aromatic carboxylic acids is 1. The van der Waals surface area contributed by atoms with Crippen LogP contribution in [-0.4, -0.2) is 16.1 Å². The van der Waals surface area contributed by atoms with Crippen LogP contribution < -0.4 is 0 Å². The number of carboxylic acid groups (broad SMARTS) is 1. The van der Waals surface area contributed by atoms with Crippen LogP contribution in [-0.2, 0) is 6.67 Å². The van der Waals surface area contributed by atoms with E-state index in [1.165, 1.54) is 6.07 Å². The fourth-order valence-corrected chi connectivity index (χ4v) is 2.07. The number of fused-ring (bicyclic) bond motifs is 1.